The normalized spacial score (nSPS) is 11.2. The van der Waals surface area contributed by atoms with E-state index in [2.05, 4.69) is 15.0 Å². The van der Waals surface area contributed by atoms with E-state index in [9.17, 15) is 8.42 Å². The molecule has 1 aromatic carbocycles. The zero-order valence-corrected chi connectivity index (χ0v) is 12.4. The number of pyridine rings is 1. The maximum Gasteiger partial charge on any atom is 0.208 e. The van der Waals surface area contributed by atoms with Crippen molar-refractivity contribution in [2.45, 2.75) is 6.42 Å². The van der Waals surface area contributed by atoms with E-state index in [-0.39, 0.29) is 0 Å². The van der Waals surface area contributed by atoms with Crippen molar-refractivity contribution < 1.29 is 8.42 Å². The molecule has 1 aromatic heterocycles. The number of nitrogens with one attached hydrogen (secondary N) is 2. The number of hydrogen-bond donors (Lipinski definition) is 2. The fourth-order valence-corrected chi connectivity index (χ4v) is 2.46. The molecule has 2 aromatic rings. The Labute approximate surface area is 123 Å². The molecule has 0 aliphatic rings. The van der Waals surface area contributed by atoms with Gasteiger partial charge >= 0.3 is 0 Å². The van der Waals surface area contributed by atoms with Gasteiger partial charge in [0, 0.05) is 24.2 Å². The van der Waals surface area contributed by atoms with Gasteiger partial charge in [-0.05, 0) is 18.6 Å². The first-order chi connectivity index (χ1) is 9.99. The second-order valence-corrected chi connectivity index (χ2v) is 6.46. The maximum absolute atomic E-state index is 10.9. The summed E-state index contributed by atoms with van der Waals surface area (Å²) in [5.41, 5.74) is 1.94. The zero-order valence-electron chi connectivity index (χ0n) is 11.6. The lowest BCUT2D eigenvalue weighted by Gasteiger charge is -2.10. The van der Waals surface area contributed by atoms with Crippen molar-refractivity contribution in [3.63, 3.8) is 0 Å². The van der Waals surface area contributed by atoms with Gasteiger partial charge in [0.25, 0.3) is 0 Å². The number of nitrogens with zero attached hydrogens (tertiary/aromatic N) is 2. The van der Waals surface area contributed by atoms with Crippen molar-refractivity contribution in [1.29, 1.82) is 5.26 Å². The quantitative estimate of drug-likeness (QED) is 0.788. The molecule has 0 atom stereocenters. The van der Waals surface area contributed by atoms with E-state index >= 15 is 0 Å². The second kappa shape index (κ2) is 6.52. The van der Waals surface area contributed by atoms with Crippen molar-refractivity contribution in [2.75, 3.05) is 24.7 Å². The van der Waals surface area contributed by atoms with E-state index in [1.165, 1.54) is 0 Å². The number of nitriles is 1. The summed E-state index contributed by atoms with van der Waals surface area (Å²) in [7, 11) is -3.15. The number of fused-ring (bicyclic) bond motifs is 1. The van der Waals surface area contributed by atoms with E-state index < -0.39 is 10.0 Å². The standard InChI is InChI=1S/C14H16N4O2S/c1-21(19,20)17-8-4-7-16-14-9-11(10-15)18-13-6-3-2-5-12(13)14/h2-3,5-6,9,17H,4,7-8H2,1H3,(H,16,18). The Kier molecular flexibility index (Phi) is 4.73. The molecule has 0 aliphatic heterocycles. The monoisotopic (exact) mass is 304 g/mol. The van der Waals surface area contributed by atoms with Crippen LogP contribution in [0.15, 0.2) is 30.3 Å². The van der Waals surface area contributed by atoms with E-state index in [0.29, 0.717) is 25.2 Å². The number of hydrogen-bond acceptors (Lipinski definition) is 5. The molecule has 0 radical (unpaired) electrons. The average molecular weight is 304 g/mol. The minimum absolute atomic E-state index is 0.352. The van der Waals surface area contributed by atoms with Gasteiger partial charge in [0.05, 0.1) is 11.8 Å². The van der Waals surface area contributed by atoms with Crippen LogP contribution in [0.3, 0.4) is 0 Å². The molecule has 0 saturated heterocycles. The summed E-state index contributed by atoms with van der Waals surface area (Å²) in [5, 5.41) is 13.2. The topological polar surface area (TPSA) is 94.9 Å². The average Bonchev–Trinajstić information content (AvgIpc) is 2.45. The molecule has 0 aliphatic carbocycles. The fourth-order valence-electron chi connectivity index (χ4n) is 1.95. The number of benzene rings is 1. The Morgan fingerprint density at radius 3 is 2.76 bits per heavy atom. The molecule has 21 heavy (non-hydrogen) atoms. The first-order valence-corrected chi connectivity index (χ1v) is 8.37. The highest BCUT2D eigenvalue weighted by molar-refractivity contribution is 7.88. The molecule has 0 spiro atoms. The van der Waals surface area contributed by atoms with Crippen molar-refractivity contribution >= 4 is 26.6 Å². The van der Waals surface area contributed by atoms with Crippen LogP contribution in [-0.4, -0.2) is 32.7 Å². The van der Waals surface area contributed by atoms with Gasteiger partial charge in [-0.1, -0.05) is 18.2 Å². The highest BCUT2D eigenvalue weighted by Gasteiger charge is 2.05. The summed E-state index contributed by atoms with van der Waals surface area (Å²) in [4.78, 5) is 4.24. The van der Waals surface area contributed by atoms with Gasteiger partial charge in [0.2, 0.25) is 10.0 Å². The molecule has 2 N–H and O–H groups in total. The van der Waals surface area contributed by atoms with Crippen LogP contribution in [-0.2, 0) is 10.0 Å². The van der Waals surface area contributed by atoms with Gasteiger partial charge in [0.1, 0.15) is 11.8 Å². The largest absolute Gasteiger partial charge is 0.384 e. The number of anilines is 1. The fraction of sp³-hybridized carbons (Fsp3) is 0.286. The van der Waals surface area contributed by atoms with Crippen LogP contribution in [0.1, 0.15) is 12.1 Å². The predicted octanol–water partition coefficient (Wildman–Crippen LogP) is 1.46. The van der Waals surface area contributed by atoms with Crippen molar-refractivity contribution in [3.05, 3.63) is 36.0 Å². The van der Waals surface area contributed by atoms with Crippen LogP contribution in [0, 0.1) is 11.3 Å². The Bertz CT molecular complexity index is 781. The third kappa shape index (κ3) is 4.41. The number of para-hydroxylation sites is 1. The van der Waals surface area contributed by atoms with Crippen LogP contribution in [0.2, 0.25) is 0 Å². The number of rotatable bonds is 6. The van der Waals surface area contributed by atoms with Crippen molar-refractivity contribution in [3.8, 4) is 6.07 Å². The van der Waals surface area contributed by atoms with E-state index in [1.807, 2.05) is 30.3 Å². The first kappa shape index (κ1) is 15.2. The van der Waals surface area contributed by atoms with Gasteiger partial charge in [-0.15, -0.1) is 0 Å². The minimum Gasteiger partial charge on any atom is -0.384 e. The second-order valence-electron chi connectivity index (χ2n) is 4.63. The van der Waals surface area contributed by atoms with Crippen LogP contribution in [0.5, 0.6) is 0 Å². The molecule has 6 nitrogen and oxygen atoms in total. The zero-order chi connectivity index (χ0) is 15.3. The van der Waals surface area contributed by atoms with Crippen LogP contribution < -0.4 is 10.0 Å². The van der Waals surface area contributed by atoms with Crippen LogP contribution in [0.4, 0.5) is 5.69 Å². The van der Waals surface area contributed by atoms with Gasteiger partial charge in [-0.25, -0.2) is 18.1 Å². The molecule has 2 rings (SSSR count). The highest BCUT2D eigenvalue weighted by Crippen LogP contribution is 2.22. The van der Waals surface area contributed by atoms with Gasteiger partial charge in [-0.3, -0.25) is 0 Å². The molecule has 1 heterocycles. The molecule has 0 unspecified atom stereocenters. The lowest BCUT2D eigenvalue weighted by atomic mass is 10.1. The van der Waals surface area contributed by atoms with Gasteiger partial charge < -0.3 is 5.32 Å². The van der Waals surface area contributed by atoms with Crippen molar-refractivity contribution in [2.24, 2.45) is 0 Å². The van der Waals surface area contributed by atoms with Gasteiger partial charge in [0.15, 0.2) is 0 Å². The third-order valence-corrected chi connectivity index (χ3v) is 3.59. The lowest BCUT2D eigenvalue weighted by Crippen LogP contribution is -2.24. The Morgan fingerprint density at radius 2 is 2.05 bits per heavy atom. The molecule has 110 valence electrons. The summed E-state index contributed by atoms with van der Waals surface area (Å²) in [6.45, 7) is 0.974. The summed E-state index contributed by atoms with van der Waals surface area (Å²) < 4.78 is 24.3. The third-order valence-electron chi connectivity index (χ3n) is 2.86. The smallest absolute Gasteiger partial charge is 0.208 e. The van der Waals surface area contributed by atoms with Crippen molar-refractivity contribution in [1.82, 2.24) is 9.71 Å². The molecular formula is C14H16N4O2S. The summed E-state index contributed by atoms with van der Waals surface area (Å²) in [6.07, 6.45) is 1.78. The molecule has 0 amide bonds. The van der Waals surface area contributed by atoms with Crippen LogP contribution >= 0.6 is 0 Å². The predicted molar refractivity (Wildman–Crippen MR) is 82.4 cm³/mol. The van der Waals surface area contributed by atoms with E-state index in [0.717, 1.165) is 22.8 Å². The SMILES string of the molecule is CS(=O)(=O)NCCCNc1cc(C#N)nc2ccccc12. The van der Waals surface area contributed by atoms with E-state index in [4.69, 9.17) is 5.26 Å². The molecular weight excluding hydrogens is 288 g/mol. The molecule has 0 saturated carbocycles. The van der Waals surface area contributed by atoms with E-state index in [1.54, 1.807) is 6.07 Å². The first-order valence-electron chi connectivity index (χ1n) is 6.48. The molecule has 7 heteroatoms. The van der Waals surface area contributed by atoms with Crippen LogP contribution in [0.25, 0.3) is 10.9 Å². The Morgan fingerprint density at radius 1 is 1.29 bits per heavy atom. The maximum atomic E-state index is 10.9. The summed E-state index contributed by atoms with van der Waals surface area (Å²) in [5.74, 6) is 0. The van der Waals surface area contributed by atoms with Gasteiger partial charge in [-0.2, -0.15) is 5.26 Å². The Hall–Kier alpha value is -2.17. The minimum atomic E-state index is -3.15. The summed E-state index contributed by atoms with van der Waals surface area (Å²) >= 11 is 0. The highest BCUT2D eigenvalue weighted by atomic mass is 32.2. The molecule has 0 fully saturated rings. The summed E-state index contributed by atoms with van der Waals surface area (Å²) in [6, 6.07) is 11.3. The number of sulfonamides is 1. The number of aromatic nitrogens is 1. The Balaban J connectivity index is 2.06. The lowest BCUT2D eigenvalue weighted by molar-refractivity contribution is 0.586. The molecule has 0 bridgehead atoms.